The van der Waals surface area contributed by atoms with Crippen molar-refractivity contribution in [1.82, 2.24) is 4.90 Å². The number of ether oxygens (including phenoxy) is 1. The summed E-state index contributed by atoms with van der Waals surface area (Å²) in [6.07, 6.45) is 0. The number of likely N-dealkylation sites (N-methyl/N-ethyl adjacent to an activating group) is 1. The van der Waals surface area contributed by atoms with Crippen LogP contribution in [0.4, 0.5) is 0 Å². The second-order valence-electron chi connectivity index (χ2n) is 3.78. The highest BCUT2D eigenvalue weighted by Crippen LogP contribution is 2.15. The highest BCUT2D eigenvalue weighted by molar-refractivity contribution is 7.91. The zero-order chi connectivity index (χ0) is 10.8. The monoisotopic (exact) mass is 222 g/mol. The molecule has 6 heteroatoms. The summed E-state index contributed by atoms with van der Waals surface area (Å²) in [6.45, 7) is 1.31. The average Bonchev–Trinajstić information content (AvgIpc) is 2.35. The Labute approximate surface area is 85.1 Å². The molecule has 0 aliphatic carbocycles. The normalized spacial score (nSPS) is 31.1. The van der Waals surface area contributed by atoms with Gasteiger partial charge >= 0.3 is 0 Å². The molecule has 1 fully saturated rings. The third-order valence-electron chi connectivity index (χ3n) is 2.58. The lowest BCUT2D eigenvalue weighted by Gasteiger charge is -2.25. The molecular weight excluding hydrogens is 204 g/mol. The molecule has 0 spiro atoms. The zero-order valence-electron chi connectivity index (χ0n) is 8.64. The molecule has 14 heavy (non-hydrogen) atoms. The van der Waals surface area contributed by atoms with Crippen LogP contribution in [-0.2, 0) is 14.6 Å². The van der Waals surface area contributed by atoms with E-state index in [-0.39, 0.29) is 23.6 Å². The molecule has 1 rings (SSSR count). The molecule has 1 aliphatic rings. The predicted molar refractivity (Wildman–Crippen MR) is 54.9 cm³/mol. The van der Waals surface area contributed by atoms with Gasteiger partial charge in [0.1, 0.15) is 0 Å². The Balaban J connectivity index is 2.52. The Morgan fingerprint density at radius 3 is 2.57 bits per heavy atom. The second kappa shape index (κ2) is 4.57. The van der Waals surface area contributed by atoms with Crippen LogP contribution in [0.15, 0.2) is 0 Å². The first kappa shape index (κ1) is 11.9. The Bertz CT molecular complexity index is 278. The van der Waals surface area contributed by atoms with Crippen molar-refractivity contribution < 1.29 is 13.2 Å². The smallest absolute Gasteiger partial charge is 0.153 e. The van der Waals surface area contributed by atoms with Gasteiger partial charge in [0, 0.05) is 25.7 Å². The Morgan fingerprint density at radius 1 is 1.50 bits per heavy atom. The Hall–Kier alpha value is -0.170. The molecule has 0 amide bonds. The number of nitrogens with zero attached hydrogens (tertiary/aromatic N) is 1. The van der Waals surface area contributed by atoms with Crippen molar-refractivity contribution in [1.29, 1.82) is 0 Å². The Kier molecular flexibility index (Phi) is 3.88. The van der Waals surface area contributed by atoms with Gasteiger partial charge in [-0.15, -0.1) is 0 Å². The SMILES string of the molecule is COCCN(C)C1CS(=O)(=O)CC1N. The molecule has 1 aliphatic heterocycles. The van der Waals surface area contributed by atoms with Crippen molar-refractivity contribution in [3.63, 3.8) is 0 Å². The Morgan fingerprint density at radius 2 is 2.14 bits per heavy atom. The summed E-state index contributed by atoms with van der Waals surface area (Å²) in [4.78, 5) is 1.96. The quantitative estimate of drug-likeness (QED) is 0.639. The first-order chi connectivity index (χ1) is 6.46. The summed E-state index contributed by atoms with van der Waals surface area (Å²) in [7, 11) is 0.581. The first-order valence-electron chi connectivity index (χ1n) is 4.61. The lowest BCUT2D eigenvalue weighted by molar-refractivity contribution is 0.140. The maximum absolute atomic E-state index is 11.3. The van der Waals surface area contributed by atoms with Gasteiger partial charge in [-0.2, -0.15) is 0 Å². The average molecular weight is 222 g/mol. The van der Waals surface area contributed by atoms with Gasteiger partial charge in [-0.25, -0.2) is 8.42 Å². The maximum atomic E-state index is 11.3. The van der Waals surface area contributed by atoms with Crippen LogP contribution in [0, 0.1) is 0 Å². The standard InChI is InChI=1S/C8H18N2O3S/c1-10(3-4-13-2)8-6-14(11,12)5-7(8)9/h7-8H,3-6,9H2,1-2H3. The topological polar surface area (TPSA) is 72.6 Å². The number of hydrogen-bond donors (Lipinski definition) is 1. The van der Waals surface area contributed by atoms with E-state index in [0.717, 1.165) is 0 Å². The second-order valence-corrected chi connectivity index (χ2v) is 5.94. The summed E-state index contributed by atoms with van der Waals surface area (Å²) in [5, 5.41) is 0. The lowest BCUT2D eigenvalue weighted by Crippen LogP contribution is -2.46. The van der Waals surface area contributed by atoms with Crippen molar-refractivity contribution in [3.05, 3.63) is 0 Å². The number of rotatable bonds is 4. The molecule has 0 radical (unpaired) electrons. The fraction of sp³-hybridized carbons (Fsp3) is 1.00. The third kappa shape index (κ3) is 2.91. The van der Waals surface area contributed by atoms with Gasteiger partial charge in [0.25, 0.3) is 0 Å². The van der Waals surface area contributed by atoms with Crippen LogP contribution in [0.5, 0.6) is 0 Å². The van der Waals surface area contributed by atoms with Gasteiger partial charge in [0.05, 0.1) is 18.1 Å². The van der Waals surface area contributed by atoms with E-state index in [9.17, 15) is 8.42 Å². The van der Waals surface area contributed by atoms with Crippen LogP contribution in [0.25, 0.3) is 0 Å². The van der Waals surface area contributed by atoms with Crippen LogP contribution in [0.3, 0.4) is 0 Å². The van der Waals surface area contributed by atoms with Crippen molar-refractivity contribution in [2.75, 3.05) is 38.8 Å². The van der Waals surface area contributed by atoms with Crippen LogP contribution in [0.1, 0.15) is 0 Å². The fourth-order valence-corrected chi connectivity index (χ4v) is 3.68. The summed E-state index contributed by atoms with van der Waals surface area (Å²) in [5.41, 5.74) is 5.77. The summed E-state index contributed by atoms with van der Waals surface area (Å²) in [5.74, 6) is 0.281. The van der Waals surface area contributed by atoms with Gasteiger partial charge in [-0.05, 0) is 7.05 Å². The molecule has 2 atom stereocenters. The first-order valence-corrected chi connectivity index (χ1v) is 6.43. The minimum Gasteiger partial charge on any atom is -0.383 e. The number of sulfone groups is 1. The van der Waals surface area contributed by atoms with Gasteiger partial charge in [-0.3, -0.25) is 4.90 Å². The summed E-state index contributed by atoms with van der Waals surface area (Å²) in [6, 6.07) is -0.322. The highest BCUT2D eigenvalue weighted by atomic mass is 32.2. The van der Waals surface area contributed by atoms with Crippen LogP contribution < -0.4 is 5.73 Å². The maximum Gasteiger partial charge on any atom is 0.153 e. The van der Waals surface area contributed by atoms with Crippen molar-refractivity contribution in [2.24, 2.45) is 5.73 Å². The largest absolute Gasteiger partial charge is 0.383 e. The van der Waals surface area contributed by atoms with E-state index in [1.54, 1.807) is 7.11 Å². The summed E-state index contributed by atoms with van der Waals surface area (Å²) >= 11 is 0. The molecule has 0 bridgehead atoms. The molecule has 0 aromatic rings. The third-order valence-corrected chi connectivity index (χ3v) is 4.32. The lowest BCUT2D eigenvalue weighted by atomic mass is 10.1. The zero-order valence-corrected chi connectivity index (χ0v) is 9.46. The fourth-order valence-electron chi connectivity index (χ4n) is 1.71. The molecule has 84 valence electrons. The van der Waals surface area contributed by atoms with Gasteiger partial charge < -0.3 is 10.5 Å². The summed E-state index contributed by atoms with van der Waals surface area (Å²) < 4.78 is 27.5. The molecule has 0 saturated carbocycles. The van der Waals surface area contributed by atoms with Gasteiger partial charge in [0.2, 0.25) is 0 Å². The molecule has 2 N–H and O–H groups in total. The van der Waals surface area contributed by atoms with E-state index >= 15 is 0 Å². The molecular formula is C8H18N2O3S. The molecule has 1 heterocycles. The van der Waals surface area contributed by atoms with E-state index in [2.05, 4.69) is 0 Å². The minimum absolute atomic E-state index is 0.0600. The molecule has 0 aromatic carbocycles. The number of methoxy groups -OCH3 is 1. The van der Waals surface area contributed by atoms with Crippen LogP contribution in [-0.4, -0.2) is 64.2 Å². The van der Waals surface area contributed by atoms with E-state index in [4.69, 9.17) is 10.5 Å². The van der Waals surface area contributed by atoms with Crippen molar-refractivity contribution in [3.8, 4) is 0 Å². The van der Waals surface area contributed by atoms with E-state index in [0.29, 0.717) is 13.2 Å². The van der Waals surface area contributed by atoms with E-state index in [1.807, 2.05) is 11.9 Å². The van der Waals surface area contributed by atoms with Crippen LogP contribution in [0.2, 0.25) is 0 Å². The highest BCUT2D eigenvalue weighted by Gasteiger charge is 2.37. The molecule has 2 unspecified atom stereocenters. The van der Waals surface area contributed by atoms with E-state index < -0.39 is 9.84 Å². The van der Waals surface area contributed by atoms with E-state index in [1.165, 1.54) is 0 Å². The number of nitrogens with two attached hydrogens (primary N) is 1. The number of hydrogen-bond acceptors (Lipinski definition) is 5. The van der Waals surface area contributed by atoms with Gasteiger partial charge in [-0.1, -0.05) is 0 Å². The predicted octanol–water partition coefficient (Wildman–Crippen LogP) is -1.31. The van der Waals surface area contributed by atoms with Crippen molar-refractivity contribution >= 4 is 9.84 Å². The molecule has 5 nitrogen and oxygen atoms in total. The van der Waals surface area contributed by atoms with Crippen molar-refractivity contribution in [2.45, 2.75) is 12.1 Å². The van der Waals surface area contributed by atoms with Crippen LogP contribution >= 0.6 is 0 Å². The minimum atomic E-state index is -2.92. The molecule has 1 saturated heterocycles. The van der Waals surface area contributed by atoms with Gasteiger partial charge in [0.15, 0.2) is 9.84 Å². The molecule has 0 aromatic heterocycles.